The third-order valence-corrected chi connectivity index (χ3v) is 5.48. The van der Waals surface area contributed by atoms with E-state index in [9.17, 15) is 9.59 Å². The number of thiophene rings is 1. The van der Waals surface area contributed by atoms with Crippen LogP contribution in [0.2, 0.25) is 4.34 Å². The van der Waals surface area contributed by atoms with Crippen LogP contribution in [-0.4, -0.2) is 39.5 Å². The average molecular weight is 372 g/mol. The van der Waals surface area contributed by atoms with Gasteiger partial charge in [-0.05, 0) is 24.3 Å². The molecule has 0 N–H and O–H groups in total. The summed E-state index contributed by atoms with van der Waals surface area (Å²) in [6, 6.07) is 3.64. The topological polar surface area (TPSA) is 72.4 Å². The van der Waals surface area contributed by atoms with Crippen LogP contribution in [0.25, 0.3) is 0 Å². The Morgan fingerprint density at radius 1 is 1.48 bits per heavy atom. The maximum atomic E-state index is 12.4. The van der Waals surface area contributed by atoms with Crippen LogP contribution in [0.1, 0.15) is 28.2 Å². The van der Waals surface area contributed by atoms with Crippen molar-refractivity contribution < 1.29 is 14.3 Å². The van der Waals surface area contributed by atoms with Gasteiger partial charge in [-0.25, -0.2) is 0 Å². The molecule has 2 aromatic heterocycles. The lowest BCUT2D eigenvalue weighted by Gasteiger charge is -2.31. The molecule has 23 heavy (non-hydrogen) atoms. The van der Waals surface area contributed by atoms with Crippen LogP contribution < -0.4 is 0 Å². The first kappa shape index (κ1) is 16.4. The number of rotatable bonds is 4. The molecule has 2 aromatic rings. The second kappa shape index (κ2) is 7.37. The summed E-state index contributed by atoms with van der Waals surface area (Å²) in [5.74, 6) is -0.653. The molecule has 0 aromatic carbocycles. The van der Waals surface area contributed by atoms with Crippen molar-refractivity contribution >= 4 is 46.3 Å². The van der Waals surface area contributed by atoms with Gasteiger partial charge < -0.3 is 9.64 Å². The lowest BCUT2D eigenvalue weighted by Crippen LogP contribution is -2.42. The molecular formula is C14H14ClN3O3S2. The van der Waals surface area contributed by atoms with Crippen LogP contribution >= 0.6 is 34.5 Å². The van der Waals surface area contributed by atoms with E-state index in [1.165, 1.54) is 11.3 Å². The second-order valence-electron chi connectivity index (χ2n) is 5.17. The van der Waals surface area contributed by atoms with E-state index in [1.807, 2.05) is 11.4 Å². The van der Waals surface area contributed by atoms with Crippen molar-refractivity contribution in [3.63, 3.8) is 0 Å². The number of piperidine rings is 1. The predicted molar refractivity (Wildman–Crippen MR) is 87.7 cm³/mol. The van der Waals surface area contributed by atoms with E-state index in [1.54, 1.807) is 11.0 Å². The maximum Gasteiger partial charge on any atom is 0.311 e. The summed E-state index contributed by atoms with van der Waals surface area (Å²) in [6.45, 7) is 1.07. The molecule has 6 nitrogen and oxygen atoms in total. The molecule has 3 heterocycles. The van der Waals surface area contributed by atoms with Crippen molar-refractivity contribution in [2.45, 2.75) is 19.4 Å². The Morgan fingerprint density at radius 2 is 2.35 bits per heavy atom. The van der Waals surface area contributed by atoms with Gasteiger partial charge in [0.15, 0.2) is 0 Å². The Hall–Kier alpha value is -1.51. The number of likely N-dealkylation sites (tertiary alicyclic amines) is 1. The smallest absolute Gasteiger partial charge is 0.311 e. The zero-order chi connectivity index (χ0) is 16.2. The van der Waals surface area contributed by atoms with Gasteiger partial charge in [-0.3, -0.25) is 9.59 Å². The Balaban J connectivity index is 1.56. The van der Waals surface area contributed by atoms with E-state index in [-0.39, 0.29) is 24.4 Å². The molecule has 3 rings (SSSR count). The standard InChI is InChI=1S/C14H14ClN3O3S2/c15-12-10(16-17-23-12)8-21-14(20)9-3-1-5-18(7-9)13(19)11-4-2-6-22-11/h2,4,6,9H,1,3,5,7-8H2. The number of esters is 1. The maximum absolute atomic E-state index is 12.4. The van der Waals surface area contributed by atoms with E-state index in [4.69, 9.17) is 16.3 Å². The van der Waals surface area contributed by atoms with Gasteiger partial charge in [0.05, 0.1) is 10.8 Å². The number of ether oxygens (including phenoxy) is 1. The fraction of sp³-hybridized carbons (Fsp3) is 0.429. The van der Waals surface area contributed by atoms with Gasteiger partial charge in [0, 0.05) is 24.6 Å². The van der Waals surface area contributed by atoms with Crippen molar-refractivity contribution in [1.29, 1.82) is 0 Å². The van der Waals surface area contributed by atoms with Crippen molar-refractivity contribution in [1.82, 2.24) is 14.5 Å². The number of hydrogen-bond acceptors (Lipinski definition) is 7. The number of halogens is 1. The average Bonchev–Trinajstić information content (AvgIpc) is 3.24. The summed E-state index contributed by atoms with van der Waals surface area (Å²) in [5.41, 5.74) is 0.465. The molecule has 0 radical (unpaired) electrons. The van der Waals surface area contributed by atoms with Gasteiger partial charge in [0.2, 0.25) is 0 Å². The Labute approximate surface area is 146 Å². The van der Waals surface area contributed by atoms with Crippen LogP contribution in [0.3, 0.4) is 0 Å². The van der Waals surface area contributed by atoms with E-state index in [0.29, 0.717) is 28.0 Å². The molecule has 1 aliphatic heterocycles. The monoisotopic (exact) mass is 371 g/mol. The van der Waals surface area contributed by atoms with E-state index < -0.39 is 0 Å². The summed E-state index contributed by atoms with van der Waals surface area (Å²) < 4.78 is 9.39. The molecule has 0 spiro atoms. The molecule has 0 saturated carbocycles. The van der Waals surface area contributed by atoms with Crippen molar-refractivity contribution in [2.24, 2.45) is 5.92 Å². The Bertz CT molecular complexity index is 689. The Morgan fingerprint density at radius 3 is 3.04 bits per heavy atom. The van der Waals surface area contributed by atoms with Crippen LogP contribution in [0.15, 0.2) is 17.5 Å². The quantitative estimate of drug-likeness (QED) is 0.773. The molecular weight excluding hydrogens is 358 g/mol. The normalized spacial score (nSPS) is 18.0. The van der Waals surface area contributed by atoms with E-state index in [0.717, 1.165) is 24.4 Å². The third-order valence-electron chi connectivity index (χ3n) is 3.63. The number of hydrogen-bond donors (Lipinski definition) is 0. The van der Waals surface area contributed by atoms with Crippen molar-refractivity contribution in [2.75, 3.05) is 13.1 Å². The molecule has 1 saturated heterocycles. The second-order valence-corrected chi connectivity index (χ2v) is 7.47. The number of nitrogens with zero attached hydrogens (tertiary/aromatic N) is 3. The number of amides is 1. The first-order chi connectivity index (χ1) is 11.1. The molecule has 1 aliphatic rings. The van der Waals surface area contributed by atoms with Crippen molar-refractivity contribution in [3.05, 3.63) is 32.4 Å². The fourth-order valence-corrected chi connectivity index (χ4v) is 3.74. The summed E-state index contributed by atoms with van der Waals surface area (Å²) in [6.07, 6.45) is 1.51. The van der Waals surface area contributed by atoms with Gasteiger partial charge in [-0.1, -0.05) is 22.2 Å². The van der Waals surface area contributed by atoms with Gasteiger partial charge in [0.1, 0.15) is 16.6 Å². The molecule has 1 atom stereocenters. The number of aromatic nitrogens is 2. The highest BCUT2D eigenvalue weighted by Crippen LogP contribution is 2.23. The Kier molecular flexibility index (Phi) is 5.24. The van der Waals surface area contributed by atoms with Gasteiger partial charge in [-0.15, -0.1) is 16.4 Å². The summed E-state index contributed by atoms with van der Waals surface area (Å²) in [5, 5.41) is 5.68. The lowest BCUT2D eigenvalue weighted by atomic mass is 9.98. The predicted octanol–water partition coefficient (Wildman–Crippen LogP) is 2.85. The largest absolute Gasteiger partial charge is 0.459 e. The van der Waals surface area contributed by atoms with Gasteiger partial charge in [-0.2, -0.15) is 0 Å². The van der Waals surface area contributed by atoms with Crippen LogP contribution in [0, 0.1) is 5.92 Å². The fourth-order valence-electron chi connectivity index (χ4n) is 2.45. The highest BCUT2D eigenvalue weighted by Gasteiger charge is 2.30. The molecule has 9 heteroatoms. The SMILES string of the molecule is O=C(OCc1nnsc1Cl)C1CCCN(C(=O)c2cccs2)C1. The highest BCUT2D eigenvalue weighted by atomic mass is 35.5. The minimum absolute atomic E-state index is 0.0174. The minimum atomic E-state index is -0.322. The lowest BCUT2D eigenvalue weighted by molar-refractivity contribution is -0.151. The third kappa shape index (κ3) is 3.88. The molecule has 0 bridgehead atoms. The molecule has 1 amide bonds. The zero-order valence-electron chi connectivity index (χ0n) is 12.1. The number of carbonyl (C=O) groups excluding carboxylic acids is 2. The first-order valence-corrected chi connectivity index (χ1v) is 9.14. The summed E-state index contributed by atoms with van der Waals surface area (Å²) in [4.78, 5) is 27.0. The number of carbonyl (C=O) groups is 2. The summed E-state index contributed by atoms with van der Waals surface area (Å²) in [7, 11) is 0. The van der Waals surface area contributed by atoms with E-state index >= 15 is 0 Å². The van der Waals surface area contributed by atoms with Crippen LogP contribution in [0.4, 0.5) is 0 Å². The van der Waals surface area contributed by atoms with Crippen LogP contribution in [-0.2, 0) is 16.1 Å². The summed E-state index contributed by atoms with van der Waals surface area (Å²) >= 11 is 8.35. The van der Waals surface area contributed by atoms with Gasteiger partial charge in [0.25, 0.3) is 5.91 Å². The molecule has 1 fully saturated rings. The molecule has 1 unspecified atom stereocenters. The first-order valence-electron chi connectivity index (χ1n) is 7.11. The minimum Gasteiger partial charge on any atom is -0.459 e. The highest BCUT2D eigenvalue weighted by molar-refractivity contribution is 7.12. The van der Waals surface area contributed by atoms with Crippen LogP contribution in [0.5, 0.6) is 0 Å². The molecule has 122 valence electrons. The van der Waals surface area contributed by atoms with E-state index in [2.05, 4.69) is 9.59 Å². The van der Waals surface area contributed by atoms with Crippen molar-refractivity contribution in [3.8, 4) is 0 Å². The van der Waals surface area contributed by atoms with Gasteiger partial charge >= 0.3 is 5.97 Å². The zero-order valence-corrected chi connectivity index (χ0v) is 14.5. The molecule has 0 aliphatic carbocycles.